The van der Waals surface area contributed by atoms with Crippen LogP contribution in [0.5, 0.6) is 0 Å². The van der Waals surface area contributed by atoms with Gasteiger partial charge in [-0.15, -0.1) is 0 Å². The maximum Gasteiger partial charge on any atom is 0.209 e. The van der Waals surface area contributed by atoms with E-state index in [1.807, 2.05) is 48.5 Å². The van der Waals surface area contributed by atoms with Gasteiger partial charge in [-0.2, -0.15) is 0 Å². The van der Waals surface area contributed by atoms with Crippen molar-refractivity contribution in [3.63, 3.8) is 0 Å². The normalized spacial score (nSPS) is 10.6. The fraction of sp³-hybridized carbons (Fsp3) is 0. The number of hydrogen-bond donors (Lipinski definition) is 1. The predicted octanol–water partition coefficient (Wildman–Crippen LogP) is 3.40. The van der Waals surface area contributed by atoms with Crippen LogP contribution < -0.4 is 0 Å². The SMILES string of the molecule is O=C(c1ccc[nH]1)c1cccc2ccccc12. The van der Waals surface area contributed by atoms with E-state index >= 15 is 0 Å². The summed E-state index contributed by atoms with van der Waals surface area (Å²) in [5, 5.41) is 2.08. The maximum absolute atomic E-state index is 12.3. The molecule has 3 rings (SSSR count). The van der Waals surface area contributed by atoms with Crippen LogP contribution in [0.4, 0.5) is 0 Å². The molecule has 0 atom stereocenters. The molecule has 0 saturated heterocycles. The summed E-state index contributed by atoms with van der Waals surface area (Å²) in [6.45, 7) is 0. The Morgan fingerprint density at radius 1 is 0.882 bits per heavy atom. The van der Waals surface area contributed by atoms with Crippen molar-refractivity contribution in [1.29, 1.82) is 0 Å². The Bertz CT molecular complexity index is 663. The number of aromatic amines is 1. The van der Waals surface area contributed by atoms with Crippen LogP contribution in [-0.2, 0) is 0 Å². The van der Waals surface area contributed by atoms with Crippen LogP contribution in [0.3, 0.4) is 0 Å². The topological polar surface area (TPSA) is 32.9 Å². The smallest absolute Gasteiger partial charge is 0.209 e. The third-order valence-corrected chi connectivity index (χ3v) is 2.88. The molecule has 0 fully saturated rings. The number of carbonyl (C=O) groups excluding carboxylic acids is 1. The Balaban J connectivity index is 2.21. The molecule has 0 radical (unpaired) electrons. The van der Waals surface area contributed by atoms with Gasteiger partial charge in [0.2, 0.25) is 5.78 Å². The maximum atomic E-state index is 12.3. The minimum Gasteiger partial charge on any atom is -0.359 e. The number of hydrogen-bond acceptors (Lipinski definition) is 1. The molecule has 3 aromatic rings. The van der Waals surface area contributed by atoms with Crippen molar-refractivity contribution in [2.24, 2.45) is 0 Å². The number of fused-ring (bicyclic) bond motifs is 1. The summed E-state index contributed by atoms with van der Waals surface area (Å²) in [4.78, 5) is 15.2. The molecule has 2 nitrogen and oxygen atoms in total. The Hall–Kier alpha value is -2.35. The van der Waals surface area contributed by atoms with E-state index in [1.54, 1.807) is 12.3 Å². The van der Waals surface area contributed by atoms with Gasteiger partial charge in [-0.3, -0.25) is 4.79 Å². The van der Waals surface area contributed by atoms with Crippen molar-refractivity contribution in [1.82, 2.24) is 4.98 Å². The van der Waals surface area contributed by atoms with Crippen LogP contribution in [0.15, 0.2) is 60.8 Å². The molecule has 0 aliphatic heterocycles. The average molecular weight is 221 g/mol. The van der Waals surface area contributed by atoms with Gasteiger partial charge in [-0.25, -0.2) is 0 Å². The molecule has 0 spiro atoms. The zero-order valence-corrected chi connectivity index (χ0v) is 9.18. The number of benzene rings is 2. The first-order chi connectivity index (χ1) is 8.36. The molecule has 0 unspecified atom stereocenters. The van der Waals surface area contributed by atoms with Gasteiger partial charge in [0, 0.05) is 11.8 Å². The monoisotopic (exact) mass is 221 g/mol. The zero-order valence-electron chi connectivity index (χ0n) is 9.18. The lowest BCUT2D eigenvalue weighted by Gasteiger charge is -2.04. The molecule has 0 aliphatic carbocycles. The minimum atomic E-state index is 0.0341. The zero-order chi connectivity index (χ0) is 11.7. The van der Waals surface area contributed by atoms with E-state index in [0.29, 0.717) is 5.69 Å². The fourth-order valence-corrected chi connectivity index (χ4v) is 2.04. The van der Waals surface area contributed by atoms with E-state index in [4.69, 9.17) is 0 Å². The van der Waals surface area contributed by atoms with Gasteiger partial charge in [0.05, 0.1) is 5.69 Å². The second-order valence-electron chi connectivity index (χ2n) is 3.94. The van der Waals surface area contributed by atoms with Gasteiger partial charge < -0.3 is 4.98 Å². The molecular formula is C15H11NO. The summed E-state index contributed by atoms with van der Waals surface area (Å²) < 4.78 is 0. The number of H-pyrrole nitrogens is 1. The van der Waals surface area contributed by atoms with Gasteiger partial charge in [0.15, 0.2) is 0 Å². The second kappa shape index (κ2) is 3.91. The van der Waals surface area contributed by atoms with Crippen molar-refractivity contribution in [3.8, 4) is 0 Å². The first-order valence-corrected chi connectivity index (χ1v) is 5.52. The highest BCUT2D eigenvalue weighted by Crippen LogP contribution is 2.20. The van der Waals surface area contributed by atoms with Gasteiger partial charge in [-0.05, 0) is 22.9 Å². The van der Waals surface area contributed by atoms with Crippen molar-refractivity contribution < 1.29 is 4.79 Å². The summed E-state index contributed by atoms with van der Waals surface area (Å²) >= 11 is 0. The summed E-state index contributed by atoms with van der Waals surface area (Å²) in [6.07, 6.45) is 1.76. The first-order valence-electron chi connectivity index (χ1n) is 5.52. The van der Waals surface area contributed by atoms with Gasteiger partial charge in [0.1, 0.15) is 0 Å². The van der Waals surface area contributed by atoms with E-state index in [2.05, 4.69) is 4.98 Å². The molecule has 2 aromatic carbocycles. The van der Waals surface area contributed by atoms with Crippen LogP contribution in [0.1, 0.15) is 16.1 Å². The highest BCUT2D eigenvalue weighted by Gasteiger charge is 2.12. The van der Waals surface area contributed by atoms with Crippen molar-refractivity contribution in [3.05, 3.63) is 72.1 Å². The molecule has 1 aromatic heterocycles. The molecule has 2 heteroatoms. The van der Waals surface area contributed by atoms with E-state index < -0.39 is 0 Å². The average Bonchev–Trinajstić information content (AvgIpc) is 2.91. The van der Waals surface area contributed by atoms with Crippen LogP contribution in [0, 0.1) is 0 Å². The predicted molar refractivity (Wildman–Crippen MR) is 68.2 cm³/mol. The molecular weight excluding hydrogens is 210 g/mol. The van der Waals surface area contributed by atoms with E-state index in [9.17, 15) is 4.79 Å². The van der Waals surface area contributed by atoms with Gasteiger partial charge in [-0.1, -0.05) is 42.5 Å². The summed E-state index contributed by atoms with van der Waals surface area (Å²) in [7, 11) is 0. The van der Waals surface area contributed by atoms with E-state index in [1.165, 1.54) is 0 Å². The number of aromatic nitrogens is 1. The van der Waals surface area contributed by atoms with Gasteiger partial charge in [0.25, 0.3) is 0 Å². The lowest BCUT2D eigenvalue weighted by Crippen LogP contribution is -2.02. The molecule has 0 saturated carbocycles. The van der Waals surface area contributed by atoms with Crippen molar-refractivity contribution in [2.45, 2.75) is 0 Å². The standard InChI is InChI=1S/C15H11NO/c17-15(14-9-4-10-16-14)13-8-3-6-11-5-1-2-7-12(11)13/h1-10,16H. The highest BCUT2D eigenvalue weighted by molar-refractivity contribution is 6.15. The van der Waals surface area contributed by atoms with Crippen molar-refractivity contribution in [2.75, 3.05) is 0 Å². The molecule has 0 aliphatic rings. The molecule has 1 heterocycles. The lowest BCUT2D eigenvalue weighted by atomic mass is 10.00. The Kier molecular flexibility index (Phi) is 2.26. The molecule has 0 amide bonds. The summed E-state index contributed by atoms with van der Waals surface area (Å²) in [5.74, 6) is 0.0341. The second-order valence-corrected chi connectivity index (χ2v) is 3.94. The van der Waals surface area contributed by atoms with Crippen LogP contribution in [0.25, 0.3) is 10.8 Å². The molecule has 17 heavy (non-hydrogen) atoms. The Morgan fingerprint density at radius 2 is 1.71 bits per heavy atom. The van der Waals surface area contributed by atoms with Crippen LogP contribution >= 0.6 is 0 Å². The number of nitrogens with one attached hydrogen (secondary N) is 1. The van der Waals surface area contributed by atoms with Crippen LogP contribution in [-0.4, -0.2) is 10.8 Å². The molecule has 1 N–H and O–H groups in total. The molecule has 0 bridgehead atoms. The number of ketones is 1. The third kappa shape index (κ3) is 1.64. The quantitative estimate of drug-likeness (QED) is 0.661. The van der Waals surface area contributed by atoms with Crippen molar-refractivity contribution >= 4 is 16.6 Å². The lowest BCUT2D eigenvalue weighted by molar-refractivity contribution is 0.103. The largest absolute Gasteiger partial charge is 0.359 e. The van der Waals surface area contributed by atoms with E-state index in [0.717, 1.165) is 16.3 Å². The third-order valence-electron chi connectivity index (χ3n) is 2.88. The number of rotatable bonds is 2. The van der Waals surface area contributed by atoms with Gasteiger partial charge >= 0.3 is 0 Å². The fourth-order valence-electron chi connectivity index (χ4n) is 2.04. The summed E-state index contributed by atoms with van der Waals surface area (Å²) in [6, 6.07) is 17.3. The molecule has 82 valence electrons. The highest BCUT2D eigenvalue weighted by atomic mass is 16.1. The number of carbonyl (C=O) groups is 1. The Morgan fingerprint density at radius 3 is 2.53 bits per heavy atom. The summed E-state index contributed by atoms with van der Waals surface area (Å²) in [5.41, 5.74) is 1.37. The Labute approximate surface area is 98.9 Å². The minimum absolute atomic E-state index is 0.0341. The van der Waals surface area contributed by atoms with Crippen LogP contribution in [0.2, 0.25) is 0 Å². The van der Waals surface area contributed by atoms with E-state index in [-0.39, 0.29) is 5.78 Å². The first kappa shape index (κ1) is 9.85.